The maximum Gasteiger partial charge on any atom is 0.338 e. The van der Waals surface area contributed by atoms with Crippen LogP contribution in [0.25, 0.3) is 0 Å². The van der Waals surface area contributed by atoms with Crippen LogP contribution >= 0.6 is 0 Å². The number of benzene rings is 1. The fourth-order valence-electron chi connectivity index (χ4n) is 2.09. The van der Waals surface area contributed by atoms with Crippen molar-refractivity contribution in [3.63, 3.8) is 0 Å². The smallest absolute Gasteiger partial charge is 0.338 e. The Hall–Kier alpha value is -2.50. The molecule has 0 spiro atoms. The number of esters is 1. The van der Waals surface area contributed by atoms with Crippen LogP contribution in [0.1, 0.15) is 35.6 Å². The summed E-state index contributed by atoms with van der Waals surface area (Å²) < 4.78 is 7.15. The standard InChI is InChI=1S/C15H20N4O2/c1-3-13-8-14(19(4-2)18-13)9-21-15(20)10-5-11(16)7-12(17)6-10/h5-8H,3-4,9,16-17H2,1-2H3. The second kappa shape index (κ2) is 6.30. The molecule has 0 fully saturated rings. The van der Waals surface area contributed by atoms with Gasteiger partial charge in [0, 0.05) is 17.9 Å². The normalized spacial score (nSPS) is 10.6. The SMILES string of the molecule is CCc1cc(COC(=O)c2cc(N)cc(N)c2)n(CC)n1. The third kappa shape index (κ3) is 3.53. The van der Waals surface area contributed by atoms with Gasteiger partial charge in [0.1, 0.15) is 6.61 Å². The van der Waals surface area contributed by atoms with E-state index < -0.39 is 5.97 Å². The first-order valence-corrected chi connectivity index (χ1v) is 6.92. The minimum Gasteiger partial charge on any atom is -0.456 e. The van der Waals surface area contributed by atoms with Crippen LogP contribution in [-0.4, -0.2) is 15.7 Å². The van der Waals surface area contributed by atoms with E-state index >= 15 is 0 Å². The van der Waals surface area contributed by atoms with Gasteiger partial charge in [-0.2, -0.15) is 5.10 Å². The van der Waals surface area contributed by atoms with Crippen molar-refractivity contribution in [2.45, 2.75) is 33.4 Å². The average Bonchev–Trinajstić information content (AvgIpc) is 2.86. The number of nitrogens with zero attached hydrogens (tertiary/aromatic N) is 2. The Kier molecular flexibility index (Phi) is 4.47. The molecule has 0 aliphatic heterocycles. The van der Waals surface area contributed by atoms with Gasteiger partial charge < -0.3 is 16.2 Å². The van der Waals surface area contributed by atoms with Gasteiger partial charge in [-0.15, -0.1) is 0 Å². The molecular weight excluding hydrogens is 268 g/mol. The lowest BCUT2D eigenvalue weighted by Crippen LogP contribution is -2.10. The highest BCUT2D eigenvalue weighted by Crippen LogP contribution is 2.15. The molecule has 0 aliphatic carbocycles. The molecule has 1 aromatic heterocycles. The zero-order chi connectivity index (χ0) is 15.4. The fourth-order valence-corrected chi connectivity index (χ4v) is 2.09. The molecule has 21 heavy (non-hydrogen) atoms. The van der Waals surface area contributed by atoms with Gasteiger partial charge >= 0.3 is 5.97 Å². The molecule has 2 rings (SSSR count). The van der Waals surface area contributed by atoms with Gasteiger partial charge in [0.05, 0.1) is 17.0 Å². The first kappa shape index (κ1) is 14.9. The second-order valence-corrected chi connectivity index (χ2v) is 4.76. The predicted molar refractivity (Wildman–Crippen MR) is 81.7 cm³/mol. The summed E-state index contributed by atoms with van der Waals surface area (Å²) in [7, 11) is 0. The molecule has 112 valence electrons. The van der Waals surface area contributed by atoms with Gasteiger partial charge in [0.2, 0.25) is 0 Å². The van der Waals surface area contributed by atoms with E-state index in [9.17, 15) is 4.79 Å². The summed E-state index contributed by atoms with van der Waals surface area (Å²) in [5.74, 6) is -0.448. The van der Waals surface area contributed by atoms with Crippen molar-refractivity contribution in [1.82, 2.24) is 9.78 Å². The largest absolute Gasteiger partial charge is 0.456 e. The van der Waals surface area contributed by atoms with Crippen molar-refractivity contribution in [3.05, 3.63) is 41.2 Å². The Morgan fingerprint density at radius 1 is 1.19 bits per heavy atom. The summed E-state index contributed by atoms with van der Waals surface area (Å²) in [5, 5.41) is 4.41. The summed E-state index contributed by atoms with van der Waals surface area (Å²) >= 11 is 0. The second-order valence-electron chi connectivity index (χ2n) is 4.76. The van der Waals surface area contributed by atoms with Crippen LogP contribution in [0.3, 0.4) is 0 Å². The molecule has 0 saturated heterocycles. The maximum absolute atomic E-state index is 12.0. The predicted octanol–water partition coefficient (Wildman–Crippen LogP) is 1.99. The Labute approximate surface area is 123 Å². The monoisotopic (exact) mass is 288 g/mol. The van der Waals surface area contributed by atoms with Crippen LogP contribution in [0, 0.1) is 0 Å². The number of rotatable bonds is 5. The highest BCUT2D eigenvalue weighted by Gasteiger charge is 2.12. The zero-order valence-electron chi connectivity index (χ0n) is 12.3. The van der Waals surface area contributed by atoms with Crippen LogP contribution in [0.15, 0.2) is 24.3 Å². The Morgan fingerprint density at radius 2 is 1.86 bits per heavy atom. The number of nitrogen functional groups attached to an aromatic ring is 2. The van der Waals surface area contributed by atoms with Crippen LogP contribution in [-0.2, 0) is 24.3 Å². The summed E-state index contributed by atoms with van der Waals surface area (Å²) in [6.07, 6.45) is 0.847. The van der Waals surface area contributed by atoms with E-state index in [4.69, 9.17) is 16.2 Å². The molecule has 2 aromatic rings. The van der Waals surface area contributed by atoms with Crippen molar-refractivity contribution in [2.75, 3.05) is 11.5 Å². The van der Waals surface area contributed by atoms with Gasteiger partial charge in [-0.25, -0.2) is 4.79 Å². The Balaban J connectivity index is 2.08. The lowest BCUT2D eigenvalue weighted by molar-refractivity contribution is 0.0462. The van der Waals surface area contributed by atoms with E-state index in [1.54, 1.807) is 18.2 Å². The first-order chi connectivity index (χ1) is 10.0. The minimum absolute atomic E-state index is 0.175. The topological polar surface area (TPSA) is 96.2 Å². The third-order valence-corrected chi connectivity index (χ3v) is 3.14. The average molecular weight is 288 g/mol. The van der Waals surface area contributed by atoms with E-state index in [2.05, 4.69) is 5.10 Å². The number of aryl methyl sites for hydroxylation is 2. The lowest BCUT2D eigenvalue weighted by Gasteiger charge is -2.07. The lowest BCUT2D eigenvalue weighted by atomic mass is 10.2. The molecular formula is C15H20N4O2. The van der Waals surface area contributed by atoms with Crippen molar-refractivity contribution in [3.8, 4) is 0 Å². The number of hydrogen-bond acceptors (Lipinski definition) is 5. The number of carbonyl (C=O) groups excluding carboxylic acids is 1. The third-order valence-electron chi connectivity index (χ3n) is 3.14. The number of carbonyl (C=O) groups is 1. The molecule has 4 N–H and O–H groups in total. The molecule has 0 amide bonds. The highest BCUT2D eigenvalue weighted by molar-refractivity contribution is 5.91. The molecule has 0 aliphatic rings. The summed E-state index contributed by atoms with van der Waals surface area (Å²) in [5.41, 5.74) is 14.4. The zero-order valence-corrected chi connectivity index (χ0v) is 12.3. The highest BCUT2D eigenvalue weighted by atomic mass is 16.5. The minimum atomic E-state index is -0.448. The van der Waals surface area contributed by atoms with Gasteiger partial charge in [0.15, 0.2) is 0 Å². The molecule has 0 unspecified atom stereocenters. The Bertz CT molecular complexity index is 629. The number of nitrogens with two attached hydrogens (primary N) is 2. The molecule has 6 heteroatoms. The number of aromatic nitrogens is 2. The number of ether oxygens (including phenoxy) is 1. The van der Waals surface area contributed by atoms with Crippen molar-refractivity contribution in [2.24, 2.45) is 0 Å². The molecule has 6 nitrogen and oxygen atoms in total. The van der Waals surface area contributed by atoms with E-state index in [1.807, 2.05) is 24.6 Å². The van der Waals surface area contributed by atoms with Crippen LogP contribution in [0.2, 0.25) is 0 Å². The molecule has 0 saturated carbocycles. The van der Waals surface area contributed by atoms with Gasteiger partial charge in [0.25, 0.3) is 0 Å². The molecule has 1 heterocycles. The van der Waals surface area contributed by atoms with Crippen LogP contribution in [0.4, 0.5) is 11.4 Å². The maximum atomic E-state index is 12.0. The van der Waals surface area contributed by atoms with Crippen LogP contribution in [0.5, 0.6) is 0 Å². The molecule has 0 radical (unpaired) electrons. The van der Waals surface area contributed by atoms with Crippen molar-refractivity contribution < 1.29 is 9.53 Å². The fraction of sp³-hybridized carbons (Fsp3) is 0.333. The molecule has 0 atom stereocenters. The van der Waals surface area contributed by atoms with Gasteiger partial charge in [-0.1, -0.05) is 6.92 Å². The van der Waals surface area contributed by atoms with Gasteiger partial charge in [-0.05, 0) is 37.6 Å². The van der Waals surface area contributed by atoms with E-state index in [0.29, 0.717) is 16.9 Å². The summed E-state index contributed by atoms with van der Waals surface area (Å²) in [6.45, 7) is 4.94. The Morgan fingerprint density at radius 3 is 2.43 bits per heavy atom. The van der Waals surface area contributed by atoms with E-state index in [0.717, 1.165) is 24.4 Å². The van der Waals surface area contributed by atoms with Crippen molar-refractivity contribution in [1.29, 1.82) is 0 Å². The number of hydrogen-bond donors (Lipinski definition) is 2. The van der Waals surface area contributed by atoms with Crippen LogP contribution < -0.4 is 11.5 Å². The summed E-state index contributed by atoms with van der Waals surface area (Å²) in [6, 6.07) is 6.64. The number of anilines is 2. The summed E-state index contributed by atoms with van der Waals surface area (Å²) in [4.78, 5) is 12.0. The first-order valence-electron chi connectivity index (χ1n) is 6.92. The van der Waals surface area contributed by atoms with E-state index in [-0.39, 0.29) is 6.61 Å². The quantitative estimate of drug-likeness (QED) is 0.648. The molecule has 0 bridgehead atoms. The molecule has 1 aromatic carbocycles. The van der Waals surface area contributed by atoms with Gasteiger partial charge in [-0.3, -0.25) is 4.68 Å². The van der Waals surface area contributed by atoms with E-state index in [1.165, 1.54) is 0 Å². The van der Waals surface area contributed by atoms with Crippen molar-refractivity contribution >= 4 is 17.3 Å².